The monoisotopic (exact) mass is 445 g/mol. The van der Waals surface area contributed by atoms with E-state index >= 15 is 0 Å². The van der Waals surface area contributed by atoms with E-state index in [1.807, 2.05) is 0 Å². The average molecular weight is 445 g/mol. The molecule has 0 saturated carbocycles. The van der Waals surface area contributed by atoms with E-state index < -0.39 is 42.3 Å². The molecular formula is C19H20FN7O5. The molecule has 3 aromatic rings. The lowest BCUT2D eigenvalue weighted by Crippen LogP contribution is -2.42. The summed E-state index contributed by atoms with van der Waals surface area (Å²) in [5, 5.41) is 28.2. The van der Waals surface area contributed by atoms with E-state index in [-0.39, 0.29) is 22.7 Å². The molecule has 13 heteroatoms. The lowest BCUT2D eigenvalue weighted by Gasteiger charge is -2.16. The largest absolute Gasteiger partial charge is 0.387 e. The number of ether oxygens (including phenoxy) is 1. The fraction of sp³-hybridized carbons (Fsp3) is 0.316. The number of nitrogens with zero attached hydrogens (tertiary/aromatic N) is 4. The number of rotatable bonds is 5. The Morgan fingerprint density at radius 1 is 1.19 bits per heavy atom. The summed E-state index contributed by atoms with van der Waals surface area (Å²) in [5.74, 6) is -1.01. The molecule has 3 amide bonds. The predicted molar refractivity (Wildman–Crippen MR) is 109 cm³/mol. The summed E-state index contributed by atoms with van der Waals surface area (Å²) < 4.78 is 20.2. The van der Waals surface area contributed by atoms with Gasteiger partial charge in [0.15, 0.2) is 29.3 Å². The summed E-state index contributed by atoms with van der Waals surface area (Å²) in [5.41, 5.74) is 0.605. The van der Waals surface area contributed by atoms with Gasteiger partial charge in [-0.25, -0.2) is 24.1 Å². The van der Waals surface area contributed by atoms with E-state index in [0.29, 0.717) is 6.54 Å². The van der Waals surface area contributed by atoms with Crippen LogP contribution in [-0.2, 0) is 9.53 Å². The minimum Gasteiger partial charge on any atom is -0.387 e. The Labute approximate surface area is 180 Å². The zero-order valence-electron chi connectivity index (χ0n) is 16.8. The molecular weight excluding hydrogens is 425 g/mol. The number of anilines is 2. The topological polar surface area (TPSA) is 164 Å². The standard InChI is InChI=1S/C19H20FN7O5/c1-2-21-17(30)14-12(28)13(29)18(32-14)27-8-24-11-15(22-7-23-16(11)27)26-19(31)25-10-5-3-4-9(20)6-10/h3-8,12-14,18,28-29H,2H2,1H3,(H,21,30)(H2,22,23,25,26,31)/t12-,13+,14-,18+/m0/s1. The third kappa shape index (κ3) is 4.08. The first-order valence-corrected chi connectivity index (χ1v) is 9.69. The quantitative estimate of drug-likeness (QED) is 0.376. The number of hydrogen-bond acceptors (Lipinski definition) is 8. The number of imidazole rings is 1. The Morgan fingerprint density at radius 3 is 2.75 bits per heavy atom. The van der Waals surface area contributed by atoms with Crippen molar-refractivity contribution in [2.75, 3.05) is 17.2 Å². The smallest absolute Gasteiger partial charge is 0.324 e. The normalized spacial score (nSPS) is 22.6. The molecule has 1 aliphatic heterocycles. The molecule has 2 aromatic heterocycles. The van der Waals surface area contributed by atoms with Crippen LogP contribution in [0.15, 0.2) is 36.9 Å². The maximum atomic E-state index is 13.3. The molecule has 0 unspecified atom stereocenters. The SMILES string of the molecule is CCNC(=O)[C@H]1O[C@@H](n2cnc3c(NC(=O)Nc4cccc(F)c4)ncnc32)[C@H](O)[C@@H]1O. The molecule has 1 fully saturated rings. The second kappa shape index (κ2) is 8.82. The predicted octanol–water partition coefficient (Wildman–Crippen LogP) is 0.365. The minimum atomic E-state index is -1.46. The first kappa shape index (κ1) is 21.5. The molecule has 0 aliphatic carbocycles. The number of amides is 3. The second-order valence-corrected chi connectivity index (χ2v) is 6.96. The van der Waals surface area contributed by atoms with Crippen LogP contribution >= 0.6 is 0 Å². The molecule has 1 aliphatic rings. The van der Waals surface area contributed by atoms with Crippen molar-refractivity contribution in [2.24, 2.45) is 0 Å². The minimum absolute atomic E-state index is 0.0518. The number of fused-ring (bicyclic) bond motifs is 1. The van der Waals surface area contributed by atoms with Crippen molar-refractivity contribution in [3.05, 3.63) is 42.7 Å². The maximum absolute atomic E-state index is 13.3. The molecule has 1 saturated heterocycles. The molecule has 1 aromatic carbocycles. The zero-order valence-corrected chi connectivity index (χ0v) is 16.8. The van der Waals surface area contributed by atoms with E-state index in [4.69, 9.17) is 4.74 Å². The van der Waals surface area contributed by atoms with Crippen molar-refractivity contribution in [1.29, 1.82) is 0 Å². The maximum Gasteiger partial charge on any atom is 0.324 e. The number of aliphatic hydroxyl groups is 2. The average Bonchev–Trinajstić information content (AvgIpc) is 3.30. The Hall–Kier alpha value is -3.68. The van der Waals surface area contributed by atoms with Crippen molar-refractivity contribution < 1.29 is 28.9 Å². The van der Waals surface area contributed by atoms with Crippen LogP contribution in [0.25, 0.3) is 11.2 Å². The molecule has 4 atom stereocenters. The number of aromatic nitrogens is 4. The Morgan fingerprint density at radius 2 is 2.00 bits per heavy atom. The van der Waals surface area contributed by atoms with Gasteiger partial charge in [0, 0.05) is 12.2 Å². The molecule has 0 radical (unpaired) electrons. The fourth-order valence-electron chi connectivity index (χ4n) is 3.35. The summed E-state index contributed by atoms with van der Waals surface area (Å²) in [4.78, 5) is 36.7. The van der Waals surface area contributed by atoms with Crippen LogP contribution in [-0.4, -0.2) is 66.5 Å². The first-order chi connectivity index (χ1) is 15.4. The molecule has 3 heterocycles. The van der Waals surface area contributed by atoms with Gasteiger partial charge in [-0.2, -0.15) is 0 Å². The van der Waals surface area contributed by atoms with Crippen molar-refractivity contribution in [3.63, 3.8) is 0 Å². The van der Waals surface area contributed by atoms with Crippen molar-refractivity contribution >= 4 is 34.6 Å². The molecule has 32 heavy (non-hydrogen) atoms. The van der Waals surface area contributed by atoms with Crippen LogP contribution in [0.4, 0.5) is 20.7 Å². The second-order valence-electron chi connectivity index (χ2n) is 6.96. The Bertz CT molecular complexity index is 1160. The van der Waals surface area contributed by atoms with Crippen LogP contribution in [0.5, 0.6) is 0 Å². The number of urea groups is 1. The van der Waals surface area contributed by atoms with Gasteiger partial charge in [0.1, 0.15) is 24.4 Å². The van der Waals surface area contributed by atoms with E-state index in [0.717, 1.165) is 12.4 Å². The fourth-order valence-corrected chi connectivity index (χ4v) is 3.35. The van der Waals surface area contributed by atoms with E-state index in [9.17, 15) is 24.2 Å². The lowest BCUT2D eigenvalue weighted by molar-refractivity contribution is -0.137. The van der Waals surface area contributed by atoms with E-state index in [1.165, 1.54) is 29.1 Å². The Balaban J connectivity index is 1.55. The molecule has 0 bridgehead atoms. The number of nitrogens with one attached hydrogen (secondary N) is 3. The highest BCUT2D eigenvalue weighted by atomic mass is 19.1. The first-order valence-electron chi connectivity index (χ1n) is 9.69. The van der Waals surface area contributed by atoms with Crippen LogP contribution in [0.3, 0.4) is 0 Å². The number of carbonyl (C=O) groups is 2. The van der Waals surface area contributed by atoms with Crippen molar-refractivity contribution in [1.82, 2.24) is 24.8 Å². The molecule has 4 rings (SSSR count). The highest BCUT2D eigenvalue weighted by Gasteiger charge is 2.47. The van der Waals surface area contributed by atoms with Gasteiger partial charge in [0.2, 0.25) is 0 Å². The number of benzene rings is 1. The van der Waals surface area contributed by atoms with Crippen LogP contribution < -0.4 is 16.0 Å². The van der Waals surface area contributed by atoms with Gasteiger partial charge in [-0.15, -0.1) is 0 Å². The summed E-state index contributed by atoms with van der Waals surface area (Å²) in [6, 6.07) is 4.68. The van der Waals surface area contributed by atoms with E-state index in [1.54, 1.807) is 6.92 Å². The van der Waals surface area contributed by atoms with Crippen LogP contribution in [0, 0.1) is 5.82 Å². The summed E-state index contributed by atoms with van der Waals surface area (Å²) in [6.45, 7) is 2.05. The number of aliphatic hydroxyl groups excluding tert-OH is 2. The number of halogens is 1. The van der Waals surface area contributed by atoms with Gasteiger partial charge >= 0.3 is 6.03 Å². The Kier molecular flexibility index (Phi) is 5.94. The van der Waals surface area contributed by atoms with Crippen molar-refractivity contribution in [2.45, 2.75) is 31.5 Å². The summed E-state index contributed by atoms with van der Waals surface area (Å²) in [6.07, 6.45) is -2.86. The van der Waals surface area contributed by atoms with Gasteiger partial charge in [0.05, 0.1) is 6.33 Å². The van der Waals surface area contributed by atoms with Gasteiger partial charge < -0.3 is 25.6 Å². The molecule has 12 nitrogen and oxygen atoms in total. The highest BCUT2D eigenvalue weighted by molar-refractivity contribution is 6.02. The van der Waals surface area contributed by atoms with E-state index in [2.05, 4.69) is 30.9 Å². The lowest BCUT2D eigenvalue weighted by atomic mass is 10.1. The number of likely N-dealkylation sites (N-methyl/N-ethyl adjacent to an activating group) is 1. The van der Waals surface area contributed by atoms with Gasteiger partial charge in [0.25, 0.3) is 5.91 Å². The van der Waals surface area contributed by atoms with Gasteiger partial charge in [-0.3, -0.25) is 14.7 Å². The molecule has 0 spiro atoms. The summed E-state index contributed by atoms with van der Waals surface area (Å²) in [7, 11) is 0. The molecule has 168 valence electrons. The zero-order chi connectivity index (χ0) is 22.8. The number of hydrogen-bond donors (Lipinski definition) is 5. The van der Waals surface area contributed by atoms with Crippen LogP contribution in [0.1, 0.15) is 13.2 Å². The molecule has 5 N–H and O–H groups in total. The third-order valence-electron chi connectivity index (χ3n) is 4.80. The van der Waals surface area contributed by atoms with Gasteiger partial charge in [-0.05, 0) is 25.1 Å². The highest BCUT2D eigenvalue weighted by Crippen LogP contribution is 2.32. The summed E-state index contributed by atoms with van der Waals surface area (Å²) >= 11 is 0. The third-order valence-corrected chi connectivity index (χ3v) is 4.80. The van der Waals surface area contributed by atoms with Crippen molar-refractivity contribution in [3.8, 4) is 0 Å². The number of carbonyl (C=O) groups excluding carboxylic acids is 2. The van der Waals surface area contributed by atoms with Gasteiger partial charge in [-0.1, -0.05) is 6.07 Å². The van der Waals surface area contributed by atoms with Crippen LogP contribution in [0.2, 0.25) is 0 Å².